The van der Waals surface area contributed by atoms with Crippen molar-refractivity contribution in [3.8, 4) is 0 Å². The summed E-state index contributed by atoms with van der Waals surface area (Å²) in [5, 5.41) is 11.8. The Morgan fingerprint density at radius 2 is 2.24 bits per heavy atom. The lowest BCUT2D eigenvalue weighted by atomic mass is 10.3. The second kappa shape index (κ2) is 5.92. The number of rotatable bonds is 6. The molecule has 1 unspecified atom stereocenters. The van der Waals surface area contributed by atoms with Crippen LogP contribution < -0.4 is 16.6 Å². The Hall–Kier alpha value is -1.78. The maximum absolute atomic E-state index is 11.6. The molecule has 0 radical (unpaired) electrons. The molecule has 0 amide bonds. The standard InChI is InChI=1S/C9H15N6O5P/c10-9-13-7-6(8(17)14-9)11-3-15(7)1-5(2-16)12-4-21(18,19)20/h3,5,12,16H,1-2,4H2,(H2,18,19,20)(H3,10,13,14,17). The van der Waals surface area contributed by atoms with E-state index < -0.39 is 25.5 Å². The molecule has 0 spiro atoms. The average Bonchev–Trinajstić information content (AvgIpc) is 2.76. The van der Waals surface area contributed by atoms with Crippen molar-refractivity contribution in [3.63, 3.8) is 0 Å². The monoisotopic (exact) mass is 318 g/mol. The Balaban J connectivity index is 2.22. The Bertz CT molecular complexity index is 736. The molecule has 0 bridgehead atoms. The van der Waals surface area contributed by atoms with Crippen LogP contribution >= 0.6 is 7.60 Å². The van der Waals surface area contributed by atoms with Crippen molar-refractivity contribution >= 4 is 24.7 Å². The molecule has 2 aromatic rings. The van der Waals surface area contributed by atoms with Gasteiger partial charge in [-0.2, -0.15) is 4.98 Å². The van der Waals surface area contributed by atoms with Gasteiger partial charge in [0.05, 0.1) is 19.2 Å². The van der Waals surface area contributed by atoms with Crippen LogP contribution in [0.15, 0.2) is 11.1 Å². The third kappa shape index (κ3) is 3.86. The van der Waals surface area contributed by atoms with Crippen LogP contribution in [0.5, 0.6) is 0 Å². The van der Waals surface area contributed by atoms with Crippen molar-refractivity contribution in [1.29, 1.82) is 0 Å². The van der Waals surface area contributed by atoms with Crippen molar-refractivity contribution in [3.05, 3.63) is 16.7 Å². The van der Waals surface area contributed by atoms with Gasteiger partial charge in [0.1, 0.15) is 0 Å². The summed E-state index contributed by atoms with van der Waals surface area (Å²) in [6, 6.07) is -0.641. The molecule has 0 aromatic carbocycles. The summed E-state index contributed by atoms with van der Waals surface area (Å²) in [5.74, 6) is -0.0713. The van der Waals surface area contributed by atoms with Crippen molar-refractivity contribution in [2.75, 3.05) is 18.6 Å². The highest BCUT2D eigenvalue weighted by Gasteiger charge is 2.18. The van der Waals surface area contributed by atoms with Gasteiger partial charge in [0, 0.05) is 12.6 Å². The van der Waals surface area contributed by atoms with Crippen molar-refractivity contribution in [2.24, 2.45) is 0 Å². The summed E-state index contributed by atoms with van der Waals surface area (Å²) in [6.45, 7) is -0.249. The van der Waals surface area contributed by atoms with E-state index in [-0.39, 0.29) is 30.3 Å². The minimum Gasteiger partial charge on any atom is -0.395 e. The first-order valence-electron chi connectivity index (χ1n) is 5.89. The number of aromatic amines is 1. The summed E-state index contributed by atoms with van der Waals surface area (Å²) in [4.78, 5) is 39.4. The quantitative estimate of drug-likeness (QED) is 0.322. The number of aliphatic hydroxyl groups is 1. The maximum Gasteiger partial charge on any atom is 0.339 e. The zero-order chi connectivity index (χ0) is 15.6. The van der Waals surface area contributed by atoms with Gasteiger partial charge in [0.2, 0.25) is 5.95 Å². The molecule has 2 heterocycles. The number of nitrogens with one attached hydrogen (secondary N) is 2. The lowest BCUT2D eigenvalue weighted by Crippen LogP contribution is -2.37. The first kappa shape index (κ1) is 15.6. The number of anilines is 1. The predicted octanol–water partition coefficient (Wildman–Crippen LogP) is -2.21. The molecular weight excluding hydrogens is 303 g/mol. The molecule has 2 aromatic heterocycles. The Kier molecular flexibility index (Phi) is 4.40. The van der Waals surface area contributed by atoms with Gasteiger partial charge in [-0.25, -0.2) is 4.98 Å². The van der Waals surface area contributed by atoms with Crippen LogP contribution in [0, 0.1) is 0 Å². The number of aromatic nitrogens is 4. The van der Waals surface area contributed by atoms with Gasteiger partial charge in [-0.15, -0.1) is 0 Å². The summed E-state index contributed by atoms with van der Waals surface area (Å²) in [7, 11) is -4.22. The van der Waals surface area contributed by atoms with E-state index >= 15 is 0 Å². The number of H-pyrrole nitrogens is 1. The fraction of sp³-hybridized carbons (Fsp3) is 0.444. The largest absolute Gasteiger partial charge is 0.395 e. The van der Waals surface area contributed by atoms with E-state index in [0.717, 1.165) is 0 Å². The van der Waals surface area contributed by atoms with Crippen LogP contribution in [0.2, 0.25) is 0 Å². The van der Waals surface area contributed by atoms with Crippen LogP contribution in [0.4, 0.5) is 5.95 Å². The average molecular weight is 318 g/mol. The molecule has 0 fully saturated rings. The van der Waals surface area contributed by atoms with Crippen molar-refractivity contribution in [2.45, 2.75) is 12.6 Å². The molecule has 0 saturated heterocycles. The molecule has 12 heteroatoms. The smallest absolute Gasteiger partial charge is 0.339 e. The minimum atomic E-state index is -4.22. The molecule has 21 heavy (non-hydrogen) atoms. The predicted molar refractivity (Wildman–Crippen MR) is 73.5 cm³/mol. The van der Waals surface area contributed by atoms with E-state index in [4.69, 9.17) is 15.5 Å². The molecule has 7 N–H and O–H groups in total. The van der Waals surface area contributed by atoms with E-state index in [2.05, 4.69) is 20.3 Å². The molecule has 0 aliphatic rings. The number of hydrogen-bond acceptors (Lipinski definition) is 7. The second-order valence-electron chi connectivity index (χ2n) is 4.43. The van der Waals surface area contributed by atoms with E-state index in [1.54, 1.807) is 0 Å². The van der Waals surface area contributed by atoms with Gasteiger partial charge in [0.25, 0.3) is 5.56 Å². The molecule has 0 saturated carbocycles. The topological polar surface area (TPSA) is 179 Å². The lowest BCUT2D eigenvalue weighted by Gasteiger charge is -2.17. The SMILES string of the molecule is Nc1nc2c(ncn2CC(CO)NCP(=O)(O)O)c(=O)[nH]1. The number of hydrogen-bond donors (Lipinski definition) is 6. The van der Waals surface area contributed by atoms with Gasteiger partial charge in [0.15, 0.2) is 11.2 Å². The molecule has 11 nitrogen and oxygen atoms in total. The molecule has 1 atom stereocenters. The van der Waals surface area contributed by atoms with Crippen LogP contribution in [0.3, 0.4) is 0 Å². The van der Waals surface area contributed by atoms with Gasteiger partial charge < -0.3 is 25.2 Å². The first-order valence-corrected chi connectivity index (χ1v) is 7.69. The maximum atomic E-state index is 11.6. The Labute approximate surface area is 118 Å². The zero-order valence-corrected chi connectivity index (χ0v) is 11.7. The number of nitrogens with zero attached hydrogens (tertiary/aromatic N) is 3. The molecular formula is C9H15N6O5P. The normalized spacial score (nSPS) is 13.7. The highest BCUT2D eigenvalue weighted by Crippen LogP contribution is 2.32. The summed E-state index contributed by atoms with van der Waals surface area (Å²) < 4.78 is 12.3. The molecule has 116 valence electrons. The van der Waals surface area contributed by atoms with Gasteiger partial charge in [-0.1, -0.05) is 0 Å². The Morgan fingerprint density at radius 3 is 2.86 bits per heavy atom. The van der Waals surface area contributed by atoms with Crippen LogP contribution in [0.25, 0.3) is 11.2 Å². The van der Waals surface area contributed by atoms with E-state index in [1.165, 1.54) is 10.9 Å². The number of imidazole rings is 1. The van der Waals surface area contributed by atoms with Crippen LogP contribution in [-0.2, 0) is 11.1 Å². The lowest BCUT2D eigenvalue weighted by molar-refractivity contribution is 0.231. The first-order chi connectivity index (χ1) is 9.80. The zero-order valence-electron chi connectivity index (χ0n) is 10.8. The van der Waals surface area contributed by atoms with Crippen LogP contribution in [-0.4, -0.2) is 53.3 Å². The van der Waals surface area contributed by atoms with Gasteiger partial charge >= 0.3 is 7.60 Å². The fourth-order valence-electron chi connectivity index (χ4n) is 1.78. The third-order valence-electron chi connectivity index (χ3n) is 2.72. The highest BCUT2D eigenvalue weighted by molar-refractivity contribution is 7.51. The number of fused-ring (bicyclic) bond motifs is 1. The highest BCUT2D eigenvalue weighted by atomic mass is 31.2. The summed E-state index contributed by atoms with van der Waals surface area (Å²) in [5.41, 5.74) is 5.29. The van der Waals surface area contributed by atoms with Gasteiger partial charge in [-0.3, -0.25) is 19.7 Å². The number of aliphatic hydroxyl groups excluding tert-OH is 1. The number of nitrogens with two attached hydrogens (primary N) is 1. The molecule has 0 aliphatic carbocycles. The Morgan fingerprint density at radius 1 is 1.52 bits per heavy atom. The van der Waals surface area contributed by atoms with E-state index in [1.807, 2.05) is 0 Å². The van der Waals surface area contributed by atoms with E-state index in [0.29, 0.717) is 0 Å². The second-order valence-corrected chi connectivity index (χ2v) is 6.07. The summed E-state index contributed by atoms with van der Waals surface area (Å²) in [6.07, 6.45) is 0.773. The molecule has 2 rings (SSSR count). The van der Waals surface area contributed by atoms with Crippen molar-refractivity contribution < 1.29 is 19.5 Å². The van der Waals surface area contributed by atoms with Crippen molar-refractivity contribution in [1.82, 2.24) is 24.8 Å². The van der Waals surface area contributed by atoms with Crippen LogP contribution in [0.1, 0.15) is 0 Å². The minimum absolute atomic E-state index is 0.0713. The number of nitrogen functional groups attached to an aromatic ring is 1. The summed E-state index contributed by atoms with van der Waals surface area (Å²) >= 11 is 0. The third-order valence-corrected chi connectivity index (χ3v) is 3.31. The fourth-order valence-corrected chi connectivity index (χ4v) is 2.27. The molecule has 0 aliphatic heterocycles. The van der Waals surface area contributed by atoms with Gasteiger partial charge in [-0.05, 0) is 0 Å². The van der Waals surface area contributed by atoms with E-state index in [9.17, 15) is 14.5 Å².